The van der Waals surface area contributed by atoms with Crippen LogP contribution in [0, 0.1) is 13.8 Å². The van der Waals surface area contributed by atoms with Gasteiger partial charge in [0.2, 0.25) is 0 Å². The molecule has 2 aromatic heterocycles. The van der Waals surface area contributed by atoms with Crippen molar-refractivity contribution in [2.45, 2.75) is 65.0 Å². The molecule has 0 spiro atoms. The van der Waals surface area contributed by atoms with Gasteiger partial charge in [-0.1, -0.05) is 19.3 Å². The van der Waals surface area contributed by atoms with Crippen molar-refractivity contribution in [1.82, 2.24) is 19.7 Å². The molecule has 2 aliphatic rings. The van der Waals surface area contributed by atoms with Crippen LogP contribution in [0.2, 0.25) is 0 Å². The summed E-state index contributed by atoms with van der Waals surface area (Å²) in [6.07, 6.45) is 9.16. The number of fused-ring (bicyclic) bond motifs is 1. The minimum Gasteiger partial charge on any atom is -0.345 e. The summed E-state index contributed by atoms with van der Waals surface area (Å²) in [7, 11) is 0. The number of nitrogens with zero attached hydrogens (tertiary/aromatic N) is 3. The average Bonchev–Trinajstić information content (AvgIpc) is 3.18. The third-order valence-corrected chi connectivity index (χ3v) is 5.74. The first kappa shape index (κ1) is 15.5. The lowest BCUT2D eigenvalue weighted by atomic mass is 9.95. The molecule has 128 valence electrons. The molecule has 24 heavy (non-hydrogen) atoms. The molecular formula is C19H26N4O. The Morgan fingerprint density at radius 1 is 1.25 bits per heavy atom. The number of aromatic nitrogens is 3. The number of hydrogen-bond donors (Lipinski definition) is 1. The summed E-state index contributed by atoms with van der Waals surface area (Å²) in [6.45, 7) is 5.68. The Kier molecular flexibility index (Phi) is 3.94. The van der Waals surface area contributed by atoms with Crippen LogP contribution in [0.5, 0.6) is 0 Å². The van der Waals surface area contributed by atoms with Crippen molar-refractivity contribution in [3.63, 3.8) is 0 Å². The highest BCUT2D eigenvalue weighted by Gasteiger charge is 2.27. The van der Waals surface area contributed by atoms with Crippen LogP contribution in [-0.2, 0) is 13.0 Å². The van der Waals surface area contributed by atoms with E-state index in [1.165, 1.54) is 43.5 Å². The fourth-order valence-electron chi connectivity index (χ4n) is 4.46. The molecular weight excluding hydrogens is 300 g/mol. The number of H-pyrrole nitrogens is 1. The van der Waals surface area contributed by atoms with E-state index in [9.17, 15) is 4.79 Å². The van der Waals surface area contributed by atoms with E-state index in [1.807, 2.05) is 11.1 Å². The number of amides is 1. The first-order valence-electron chi connectivity index (χ1n) is 9.14. The van der Waals surface area contributed by atoms with Gasteiger partial charge in [-0.2, -0.15) is 5.10 Å². The van der Waals surface area contributed by atoms with E-state index in [-0.39, 0.29) is 5.91 Å². The molecule has 1 saturated carbocycles. The number of hydrogen-bond acceptors (Lipinski definition) is 2. The van der Waals surface area contributed by atoms with E-state index in [1.54, 1.807) is 0 Å². The second kappa shape index (κ2) is 6.11. The highest BCUT2D eigenvalue weighted by atomic mass is 16.2. The van der Waals surface area contributed by atoms with E-state index in [2.05, 4.69) is 34.7 Å². The fourth-order valence-corrected chi connectivity index (χ4v) is 4.46. The maximum atomic E-state index is 13.1. The molecule has 1 aliphatic carbocycles. The van der Waals surface area contributed by atoms with Gasteiger partial charge in [-0.15, -0.1) is 0 Å². The number of aromatic amines is 1. The van der Waals surface area contributed by atoms with Crippen LogP contribution >= 0.6 is 0 Å². The Morgan fingerprint density at radius 3 is 2.83 bits per heavy atom. The summed E-state index contributed by atoms with van der Waals surface area (Å²) in [5, 5.41) is 7.13. The van der Waals surface area contributed by atoms with Crippen molar-refractivity contribution in [2.24, 2.45) is 0 Å². The monoisotopic (exact) mass is 326 g/mol. The lowest BCUT2D eigenvalue weighted by Crippen LogP contribution is -2.36. The summed E-state index contributed by atoms with van der Waals surface area (Å²) in [5.74, 6) is 0.164. The molecule has 0 radical (unpaired) electrons. The van der Waals surface area contributed by atoms with E-state index in [0.717, 1.165) is 29.8 Å². The topological polar surface area (TPSA) is 53.9 Å². The smallest absolute Gasteiger partial charge is 0.255 e. The fraction of sp³-hybridized carbons (Fsp3) is 0.579. The third kappa shape index (κ3) is 2.56. The summed E-state index contributed by atoms with van der Waals surface area (Å²) in [5.41, 5.74) is 5.57. The number of nitrogens with one attached hydrogen (secondary N) is 1. The quantitative estimate of drug-likeness (QED) is 0.918. The molecule has 0 bridgehead atoms. The second-order valence-electron chi connectivity index (χ2n) is 7.30. The molecule has 0 saturated heterocycles. The van der Waals surface area contributed by atoms with Crippen molar-refractivity contribution >= 4 is 5.91 Å². The molecule has 0 aromatic carbocycles. The van der Waals surface area contributed by atoms with Crippen LogP contribution in [0.1, 0.15) is 71.1 Å². The van der Waals surface area contributed by atoms with Gasteiger partial charge in [-0.05, 0) is 32.8 Å². The van der Waals surface area contributed by atoms with Gasteiger partial charge >= 0.3 is 0 Å². The van der Waals surface area contributed by atoms with Gasteiger partial charge < -0.3 is 9.47 Å². The maximum Gasteiger partial charge on any atom is 0.255 e. The number of carbonyl (C=O) groups is 1. The first-order chi connectivity index (χ1) is 11.6. The van der Waals surface area contributed by atoms with Crippen molar-refractivity contribution in [2.75, 3.05) is 6.54 Å². The molecule has 1 N–H and O–H groups in total. The third-order valence-electron chi connectivity index (χ3n) is 5.74. The Bertz CT molecular complexity index is 752. The van der Waals surface area contributed by atoms with Crippen LogP contribution in [0.15, 0.2) is 12.3 Å². The van der Waals surface area contributed by atoms with Crippen molar-refractivity contribution in [3.05, 3.63) is 40.5 Å². The summed E-state index contributed by atoms with van der Waals surface area (Å²) < 4.78 is 2.42. The van der Waals surface area contributed by atoms with E-state index < -0.39 is 0 Å². The van der Waals surface area contributed by atoms with E-state index in [0.29, 0.717) is 12.6 Å². The highest BCUT2D eigenvalue weighted by molar-refractivity contribution is 5.95. The van der Waals surface area contributed by atoms with Crippen LogP contribution in [0.4, 0.5) is 0 Å². The van der Waals surface area contributed by atoms with Crippen LogP contribution < -0.4 is 0 Å². The second-order valence-corrected chi connectivity index (χ2v) is 7.30. The molecule has 5 nitrogen and oxygen atoms in total. The minimum atomic E-state index is 0.164. The molecule has 5 heteroatoms. The van der Waals surface area contributed by atoms with Gasteiger partial charge in [-0.25, -0.2) is 0 Å². The summed E-state index contributed by atoms with van der Waals surface area (Å²) in [4.78, 5) is 15.0. The predicted octanol–water partition coefficient (Wildman–Crippen LogP) is 3.53. The van der Waals surface area contributed by atoms with Gasteiger partial charge in [0, 0.05) is 48.2 Å². The lowest BCUT2D eigenvalue weighted by Gasteiger charge is -2.28. The number of rotatable bonds is 2. The Balaban J connectivity index is 1.59. The molecule has 4 rings (SSSR count). The van der Waals surface area contributed by atoms with Crippen molar-refractivity contribution < 1.29 is 4.79 Å². The Labute approximate surface area is 143 Å². The van der Waals surface area contributed by atoms with Gasteiger partial charge in [0.1, 0.15) is 0 Å². The normalized spacial score (nSPS) is 18.7. The maximum absolute atomic E-state index is 13.1. The minimum absolute atomic E-state index is 0.164. The number of carbonyl (C=O) groups excluding carboxylic acids is 1. The molecule has 0 unspecified atom stereocenters. The molecule has 1 aliphatic heterocycles. The Hall–Kier alpha value is -2.04. The van der Waals surface area contributed by atoms with Crippen molar-refractivity contribution in [3.8, 4) is 0 Å². The molecule has 1 amide bonds. The largest absolute Gasteiger partial charge is 0.345 e. The number of aryl methyl sites for hydroxylation is 1. The first-order valence-corrected chi connectivity index (χ1v) is 9.14. The zero-order valence-corrected chi connectivity index (χ0v) is 14.6. The van der Waals surface area contributed by atoms with Gasteiger partial charge in [0.15, 0.2) is 0 Å². The lowest BCUT2D eigenvalue weighted by molar-refractivity contribution is 0.0733. The summed E-state index contributed by atoms with van der Waals surface area (Å²) >= 11 is 0. The van der Waals surface area contributed by atoms with Crippen molar-refractivity contribution in [1.29, 1.82) is 0 Å². The SMILES string of the molecule is Cc1cc(C(=O)N2CCc3[nH]ncc3C2)c(C)n1C1CCCCC1. The zero-order chi connectivity index (χ0) is 16.7. The molecule has 2 aromatic rings. The molecule has 0 atom stereocenters. The average molecular weight is 326 g/mol. The van der Waals surface area contributed by atoms with Gasteiger partial charge in [-0.3, -0.25) is 9.89 Å². The van der Waals surface area contributed by atoms with E-state index >= 15 is 0 Å². The standard InChI is InChI=1S/C19H26N4O/c1-13-10-17(14(2)23(13)16-6-4-3-5-7-16)19(24)22-9-8-18-15(12-22)11-20-21-18/h10-11,16H,3-9,12H2,1-2H3,(H,20,21). The van der Waals surface area contributed by atoms with E-state index in [4.69, 9.17) is 0 Å². The van der Waals surface area contributed by atoms with Gasteiger partial charge in [0.05, 0.1) is 11.8 Å². The predicted molar refractivity (Wildman–Crippen MR) is 93.1 cm³/mol. The zero-order valence-electron chi connectivity index (χ0n) is 14.6. The van der Waals surface area contributed by atoms with Gasteiger partial charge in [0.25, 0.3) is 5.91 Å². The summed E-state index contributed by atoms with van der Waals surface area (Å²) in [6, 6.07) is 2.67. The Morgan fingerprint density at radius 2 is 2.04 bits per heavy atom. The molecule has 1 fully saturated rings. The van der Waals surface area contributed by atoms with Crippen LogP contribution in [0.3, 0.4) is 0 Å². The highest BCUT2D eigenvalue weighted by Crippen LogP contribution is 2.32. The molecule has 3 heterocycles. The van der Waals surface area contributed by atoms with Crippen LogP contribution in [0.25, 0.3) is 0 Å². The van der Waals surface area contributed by atoms with Crippen LogP contribution in [-0.4, -0.2) is 32.1 Å².